The zero-order valence-electron chi connectivity index (χ0n) is 14.3. The van der Waals surface area contributed by atoms with E-state index in [1.54, 1.807) is 6.07 Å². The first-order valence-corrected chi connectivity index (χ1v) is 9.14. The Morgan fingerprint density at radius 2 is 1.76 bits per heavy atom. The number of ketones is 1. The maximum absolute atomic E-state index is 12.8. The molecule has 1 saturated heterocycles. The first kappa shape index (κ1) is 16.4. The van der Waals surface area contributed by atoms with Gasteiger partial charge in [-0.2, -0.15) is 0 Å². The summed E-state index contributed by atoms with van der Waals surface area (Å²) >= 11 is 0. The summed E-state index contributed by atoms with van der Waals surface area (Å²) in [7, 11) is 0. The number of hydrogen-bond acceptors (Lipinski definition) is 5. The average molecular weight is 344 g/mol. The SMILES string of the molecule is O=C(CN1CCC(C(=O)c2ccc3c(c2)OCCO3)CC1)NC1CC1. The molecule has 1 aromatic carbocycles. The van der Waals surface area contributed by atoms with E-state index in [0.717, 1.165) is 38.8 Å². The van der Waals surface area contributed by atoms with Gasteiger partial charge < -0.3 is 14.8 Å². The summed E-state index contributed by atoms with van der Waals surface area (Å²) in [5, 5.41) is 3.02. The number of carbonyl (C=O) groups excluding carboxylic acids is 2. The lowest BCUT2D eigenvalue weighted by atomic mass is 9.88. The van der Waals surface area contributed by atoms with Gasteiger partial charge in [-0.1, -0.05) is 0 Å². The van der Waals surface area contributed by atoms with E-state index in [-0.39, 0.29) is 17.6 Å². The molecule has 1 aromatic rings. The van der Waals surface area contributed by atoms with Crippen LogP contribution in [0.15, 0.2) is 18.2 Å². The molecule has 134 valence electrons. The van der Waals surface area contributed by atoms with Crippen LogP contribution in [0.3, 0.4) is 0 Å². The Morgan fingerprint density at radius 1 is 1.04 bits per heavy atom. The summed E-state index contributed by atoms with van der Waals surface area (Å²) in [5.41, 5.74) is 0.689. The van der Waals surface area contributed by atoms with Crippen molar-refractivity contribution >= 4 is 11.7 Å². The minimum absolute atomic E-state index is 0.0188. The van der Waals surface area contributed by atoms with Crippen molar-refractivity contribution in [3.05, 3.63) is 23.8 Å². The van der Waals surface area contributed by atoms with Crippen molar-refractivity contribution in [2.24, 2.45) is 5.92 Å². The maximum Gasteiger partial charge on any atom is 0.234 e. The fraction of sp³-hybridized carbons (Fsp3) is 0.579. The van der Waals surface area contributed by atoms with Gasteiger partial charge in [0, 0.05) is 17.5 Å². The van der Waals surface area contributed by atoms with Crippen LogP contribution in [0.2, 0.25) is 0 Å². The van der Waals surface area contributed by atoms with Crippen LogP contribution in [0.4, 0.5) is 0 Å². The van der Waals surface area contributed by atoms with Gasteiger partial charge >= 0.3 is 0 Å². The molecular formula is C19H24N2O4. The van der Waals surface area contributed by atoms with E-state index in [1.165, 1.54) is 0 Å². The van der Waals surface area contributed by atoms with Crippen LogP contribution in [0.25, 0.3) is 0 Å². The molecule has 0 bridgehead atoms. The highest BCUT2D eigenvalue weighted by molar-refractivity contribution is 5.98. The molecule has 1 N–H and O–H groups in total. The van der Waals surface area contributed by atoms with E-state index in [9.17, 15) is 9.59 Å². The Labute approximate surface area is 147 Å². The zero-order chi connectivity index (χ0) is 17.2. The van der Waals surface area contributed by atoms with Gasteiger partial charge in [-0.05, 0) is 57.0 Å². The van der Waals surface area contributed by atoms with Crippen LogP contribution in [-0.4, -0.2) is 55.5 Å². The summed E-state index contributed by atoms with van der Waals surface area (Å²) in [4.78, 5) is 26.8. The monoisotopic (exact) mass is 344 g/mol. The molecule has 2 heterocycles. The molecule has 0 atom stereocenters. The maximum atomic E-state index is 12.8. The Balaban J connectivity index is 1.31. The summed E-state index contributed by atoms with van der Waals surface area (Å²) in [5.74, 6) is 1.66. The number of Topliss-reactive ketones (excluding diaryl/α,β-unsaturated/α-hetero) is 1. The van der Waals surface area contributed by atoms with Crippen molar-refractivity contribution in [2.75, 3.05) is 32.8 Å². The lowest BCUT2D eigenvalue weighted by Gasteiger charge is -2.30. The number of likely N-dealkylation sites (tertiary alicyclic amines) is 1. The molecular weight excluding hydrogens is 320 g/mol. The highest BCUT2D eigenvalue weighted by Crippen LogP contribution is 2.32. The topological polar surface area (TPSA) is 67.9 Å². The number of rotatable bonds is 5. The van der Waals surface area contributed by atoms with Gasteiger partial charge in [0.25, 0.3) is 0 Å². The minimum atomic E-state index is 0.0188. The number of ether oxygens (including phenoxy) is 2. The predicted octanol–water partition coefficient (Wildman–Crippen LogP) is 1.63. The van der Waals surface area contributed by atoms with Crippen LogP contribution in [0.1, 0.15) is 36.0 Å². The van der Waals surface area contributed by atoms with E-state index in [0.29, 0.717) is 42.9 Å². The molecule has 1 amide bonds. The van der Waals surface area contributed by atoms with Crippen molar-refractivity contribution in [1.82, 2.24) is 10.2 Å². The largest absolute Gasteiger partial charge is 0.486 e. The van der Waals surface area contributed by atoms with Gasteiger partial charge in [0.15, 0.2) is 17.3 Å². The van der Waals surface area contributed by atoms with Gasteiger partial charge in [-0.3, -0.25) is 14.5 Å². The standard InChI is InChI=1S/C19H24N2O4/c22-18(20-15-2-3-15)12-21-7-5-13(6-8-21)19(23)14-1-4-16-17(11-14)25-10-9-24-16/h1,4,11,13,15H,2-3,5-10,12H2,(H,20,22). The second-order valence-corrected chi connectivity index (χ2v) is 7.11. The quantitative estimate of drug-likeness (QED) is 0.823. The molecule has 2 fully saturated rings. The van der Waals surface area contributed by atoms with Gasteiger partial charge in [0.2, 0.25) is 5.91 Å². The zero-order valence-corrected chi connectivity index (χ0v) is 14.3. The van der Waals surface area contributed by atoms with Gasteiger partial charge in [0.05, 0.1) is 6.54 Å². The normalized spacial score (nSPS) is 21.0. The number of nitrogens with one attached hydrogen (secondary N) is 1. The second kappa shape index (κ2) is 7.04. The average Bonchev–Trinajstić information content (AvgIpc) is 3.45. The number of benzene rings is 1. The molecule has 0 unspecified atom stereocenters. The fourth-order valence-corrected chi connectivity index (χ4v) is 3.49. The predicted molar refractivity (Wildman–Crippen MR) is 92.1 cm³/mol. The number of nitrogens with zero attached hydrogens (tertiary/aromatic N) is 1. The van der Waals surface area contributed by atoms with Gasteiger partial charge in [-0.25, -0.2) is 0 Å². The summed E-state index contributed by atoms with van der Waals surface area (Å²) in [6.45, 7) is 3.10. The number of hydrogen-bond donors (Lipinski definition) is 1. The lowest BCUT2D eigenvalue weighted by molar-refractivity contribution is -0.122. The Kier molecular flexibility index (Phi) is 4.61. The van der Waals surface area contributed by atoms with E-state index >= 15 is 0 Å². The van der Waals surface area contributed by atoms with Crippen molar-refractivity contribution < 1.29 is 19.1 Å². The highest BCUT2D eigenvalue weighted by atomic mass is 16.6. The number of piperidine rings is 1. The molecule has 0 spiro atoms. The number of carbonyl (C=O) groups is 2. The molecule has 2 aliphatic heterocycles. The first-order chi connectivity index (χ1) is 12.2. The van der Waals surface area contributed by atoms with Gasteiger partial charge in [0.1, 0.15) is 13.2 Å². The third kappa shape index (κ3) is 3.95. The van der Waals surface area contributed by atoms with Crippen molar-refractivity contribution in [3.63, 3.8) is 0 Å². The van der Waals surface area contributed by atoms with E-state index in [2.05, 4.69) is 10.2 Å². The van der Waals surface area contributed by atoms with E-state index < -0.39 is 0 Å². The Morgan fingerprint density at radius 3 is 2.48 bits per heavy atom. The molecule has 1 aliphatic carbocycles. The van der Waals surface area contributed by atoms with Crippen LogP contribution < -0.4 is 14.8 Å². The Hall–Kier alpha value is -2.08. The first-order valence-electron chi connectivity index (χ1n) is 9.14. The molecule has 6 heteroatoms. The Bertz CT molecular complexity index is 663. The molecule has 6 nitrogen and oxygen atoms in total. The van der Waals surface area contributed by atoms with Gasteiger partial charge in [-0.15, -0.1) is 0 Å². The van der Waals surface area contributed by atoms with Crippen molar-refractivity contribution in [1.29, 1.82) is 0 Å². The number of fused-ring (bicyclic) bond motifs is 1. The summed E-state index contributed by atoms with van der Waals surface area (Å²) < 4.78 is 11.1. The number of amides is 1. The smallest absolute Gasteiger partial charge is 0.234 e. The third-order valence-electron chi connectivity index (χ3n) is 5.09. The fourth-order valence-electron chi connectivity index (χ4n) is 3.49. The molecule has 1 saturated carbocycles. The van der Waals surface area contributed by atoms with Crippen LogP contribution in [0, 0.1) is 5.92 Å². The molecule has 4 rings (SSSR count). The highest BCUT2D eigenvalue weighted by Gasteiger charge is 2.29. The van der Waals surface area contributed by atoms with Crippen LogP contribution in [0.5, 0.6) is 11.5 Å². The molecule has 3 aliphatic rings. The molecule has 0 aromatic heterocycles. The molecule has 0 radical (unpaired) electrons. The van der Waals surface area contributed by atoms with Crippen LogP contribution in [-0.2, 0) is 4.79 Å². The minimum Gasteiger partial charge on any atom is -0.486 e. The van der Waals surface area contributed by atoms with Crippen LogP contribution >= 0.6 is 0 Å². The van der Waals surface area contributed by atoms with Crippen molar-refractivity contribution in [3.8, 4) is 11.5 Å². The summed E-state index contributed by atoms with van der Waals surface area (Å²) in [6, 6.07) is 5.85. The molecule has 25 heavy (non-hydrogen) atoms. The third-order valence-corrected chi connectivity index (χ3v) is 5.09. The van der Waals surface area contributed by atoms with E-state index in [4.69, 9.17) is 9.47 Å². The van der Waals surface area contributed by atoms with Crippen molar-refractivity contribution in [2.45, 2.75) is 31.7 Å². The van der Waals surface area contributed by atoms with E-state index in [1.807, 2.05) is 12.1 Å². The summed E-state index contributed by atoms with van der Waals surface area (Å²) in [6.07, 6.45) is 3.81. The lowest BCUT2D eigenvalue weighted by Crippen LogP contribution is -2.43. The second-order valence-electron chi connectivity index (χ2n) is 7.11.